The van der Waals surface area contributed by atoms with Crippen molar-refractivity contribution in [3.05, 3.63) is 29.3 Å². The average molecular weight is 474 g/mol. The minimum atomic E-state index is 0. The number of rotatable bonds is 10. The molecule has 148 valence electrons. The molecule has 26 heavy (non-hydrogen) atoms. The van der Waals surface area contributed by atoms with Crippen molar-refractivity contribution in [3.8, 4) is 5.75 Å². The number of fused-ring (bicyclic) bond motifs is 1. The number of aliphatic imine (C=N–C) groups is 1. The fourth-order valence-corrected chi connectivity index (χ4v) is 3.11. The van der Waals surface area contributed by atoms with E-state index in [1.54, 1.807) is 0 Å². The maximum atomic E-state index is 5.57. The van der Waals surface area contributed by atoms with Gasteiger partial charge < -0.3 is 20.3 Å². The van der Waals surface area contributed by atoms with Crippen molar-refractivity contribution < 1.29 is 4.74 Å². The summed E-state index contributed by atoms with van der Waals surface area (Å²) in [5.74, 6) is 1.97. The molecule has 0 spiro atoms. The Morgan fingerprint density at radius 1 is 1.19 bits per heavy atom. The van der Waals surface area contributed by atoms with Gasteiger partial charge in [-0.15, -0.1) is 24.0 Å². The second kappa shape index (κ2) is 13.2. The fraction of sp³-hybridized carbons (Fsp3) is 0.650. The summed E-state index contributed by atoms with van der Waals surface area (Å²) in [5.41, 5.74) is 2.70. The Morgan fingerprint density at radius 2 is 2.04 bits per heavy atom. The van der Waals surface area contributed by atoms with Gasteiger partial charge in [-0.25, -0.2) is 0 Å². The van der Waals surface area contributed by atoms with Gasteiger partial charge in [0, 0.05) is 26.1 Å². The Kier molecular flexibility index (Phi) is 11.7. The van der Waals surface area contributed by atoms with E-state index in [9.17, 15) is 0 Å². The van der Waals surface area contributed by atoms with Crippen LogP contribution in [0.1, 0.15) is 38.3 Å². The van der Waals surface area contributed by atoms with Crippen LogP contribution >= 0.6 is 24.0 Å². The molecule has 5 nitrogen and oxygen atoms in total. The predicted molar refractivity (Wildman–Crippen MR) is 121 cm³/mol. The lowest BCUT2D eigenvalue weighted by atomic mass is 10.1. The third kappa shape index (κ3) is 7.70. The Labute approximate surface area is 176 Å². The number of ether oxygens (including phenoxy) is 1. The molecule has 0 aliphatic carbocycles. The fourth-order valence-electron chi connectivity index (χ4n) is 3.11. The molecule has 0 atom stereocenters. The molecule has 1 aromatic carbocycles. The van der Waals surface area contributed by atoms with Gasteiger partial charge in [0.15, 0.2) is 5.96 Å². The van der Waals surface area contributed by atoms with Crippen LogP contribution in [-0.2, 0) is 12.8 Å². The van der Waals surface area contributed by atoms with Gasteiger partial charge in [-0.3, -0.25) is 4.99 Å². The summed E-state index contributed by atoms with van der Waals surface area (Å²) in [5, 5.41) is 6.78. The van der Waals surface area contributed by atoms with Gasteiger partial charge in [0.2, 0.25) is 0 Å². The highest BCUT2D eigenvalue weighted by molar-refractivity contribution is 14.0. The molecule has 1 heterocycles. The molecular weight excluding hydrogens is 439 g/mol. The van der Waals surface area contributed by atoms with Crippen LogP contribution < -0.4 is 15.4 Å². The van der Waals surface area contributed by atoms with Gasteiger partial charge in [0.1, 0.15) is 5.75 Å². The van der Waals surface area contributed by atoms with Crippen molar-refractivity contribution in [2.24, 2.45) is 4.99 Å². The van der Waals surface area contributed by atoms with Crippen LogP contribution in [-0.4, -0.2) is 56.7 Å². The molecule has 6 heteroatoms. The largest absolute Gasteiger partial charge is 0.493 e. The van der Waals surface area contributed by atoms with Crippen LogP contribution in [0.4, 0.5) is 0 Å². The van der Waals surface area contributed by atoms with Crippen LogP contribution in [0.2, 0.25) is 0 Å². The quantitative estimate of drug-likeness (QED) is 0.311. The van der Waals surface area contributed by atoms with E-state index in [4.69, 9.17) is 9.73 Å². The van der Waals surface area contributed by atoms with E-state index in [1.807, 2.05) is 0 Å². The molecule has 0 saturated carbocycles. The molecule has 0 bridgehead atoms. The van der Waals surface area contributed by atoms with Crippen LogP contribution in [0.3, 0.4) is 0 Å². The van der Waals surface area contributed by atoms with Gasteiger partial charge in [0.25, 0.3) is 0 Å². The smallest absolute Gasteiger partial charge is 0.191 e. The van der Waals surface area contributed by atoms with E-state index in [2.05, 4.69) is 54.5 Å². The highest BCUT2D eigenvalue weighted by Crippen LogP contribution is 2.25. The summed E-state index contributed by atoms with van der Waals surface area (Å²) in [6.07, 6.45) is 3.22. The van der Waals surface area contributed by atoms with Gasteiger partial charge in [-0.2, -0.15) is 0 Å². The van der Waals surface area contributed by atoms with Gasteiger partial charge in [-0.1, -0.05) is 26.0 Å². The summed E-state index contributed by atoms with van der Waals surface area (Å²) in [7, 11) is 0. The number of halogens is 1. The lowest BCUT2D eigenvalue weighted by Gasteiger charge is -2.18. The topological polar surface area (TPSA) is 48.9 Å². The summed E-state index contributed by atoms with van der Waals surface area (Å²) >= 11 is 0. The van der Waals surface area contributed by atoms with Crippen molar-refractivity contribution >= 4 is 29.9 Å². The third-order valence-electron chi connectivity index (χ3n) is 4.48. The predicted octanol–water partition coefficient (Wildman–Crippen LogP) is 3.07. The van der Waals surface area contributed by atoms with E-state index in [0.29, 0.717) is 0 Å². The van der Waals surface area contributed by atoms with Crippen molar-refractivity contribution in [1.82, 2.24) is 15.5 Å². The first-order valence-electron chi connectivity index (χ1n) is 9.75. The number of guanidine groups is 1. The minimum absolute atomic E-state index is 0. The van der Waals surface area contributed by atoms with Crippen LogP contribution in [0.25, 0.3) is 0 Å². The molecule has 0 fully saturated rings. The lowest BCUT2D eigenvalue weighted by molar-refractivity contribution is 0.297. The molecule has 2 N–H and O–H groups in total. The van der Waals surface area contributed by atoms with Crippen LogP contribution in [0.15, 0.2) is 23.2 Å². The lowest BCUT2D eigenvalue weighted by Crippen LogP contribution is -2.39. The first-order valence-corrected chi connectivity index (χ1v) is 9.75. The zero-order chi connectivity index (χ0) is 17.9. The Hall–Kier alpha value is -1.02. The second-order valence-corrected chi connectivity index (χ2v) is 6.41. The molecule has 1 aliphatic heterocycles. The summed E-state index contributed by atoms with van der Waals surface area (Å²) in [4.78, 5) is 7.15. The van der Waals surface area contributed by atoms with Crippen molar-refractivity contribution in [2.75, 3.05) is 45.9 Å². The van der Waals surface area contributed by atoms with Crippen LogP contribution in [0, 0.1) is 0 Å². The van der Waals surface area contributed by atoms with E-state index in [1.165, 1.54) is 17.5 Å². The SMILES string of the molecule is CCCN(CC)CCN=C(NCC)NCCc1ccc2c(c1)CCO2.I. The monoisotopic (exact) mass is 474 g/mol. The highest BCUT2D eigenvalue weighted by Gasteiger charge is 2.11. The molecule has 0 radical (unpaired) electrons. The third-order valence-corrected chi connectivity index (χ3v) is 4.48. The van der Waals surface area contributed by atoms with Gasteiger partial charge in [-0.05, 0) is 50.0 Å². The number of hydrogen-bond acceptors (Lipinski definition) is 3. The van der Waals surface area contributed by atoms with Crippen molar-refractivity contribution in [3.63, 3.8) is 0 Å². The Balaban J connectivity index is 0.00000338. The number of likely N-dealkylation sites (N-methyl/N-ethyl adjacent to an activating group) is 1. The van der Waals surface area contributed by atoms with E-state index < -0.39 is 0 Å². The molecular formula is C20H35IN4O. The number of hydrogen-bond donors (Lipinski definition) is 2. The molecule has 1 aliphatic rings. The Morgan fingerprint density at radius 3 is 2.77 bits per heavy atom. The molecule has 0 aromatic heterocycles. The first kappa shape index (κ1) is 23.0. The average Bonchev–Trinajstić information content (AvgIpc) is 3.08. The zero-order valence-electron chi connectivity index (χ0n) is 16.5. The number of benzene rings is 1. The van der Waals surface area contributed by atoms with E-state index in [-0.39, 0.29) is 24.0 Å². The second-order valence-electron chi connectivity index (χ2n) is 6.41. The molecule has 0 amide bonds. The van der Waals surface area contributed by atoms with Gasteiger partial charge in [0.05, 0.1) is 13.2 Å². The number of nitrogens with one attached hydrogen (secondary N) is 2. The normalized spacial score (nSPS) is 13.2. The molecule has 2 rings (SSSR count). The van der Waals surface area contributed by atoms with Crippen molar-refractivity contribution in [2.45, 2.75) is 40.0 Å². The highest BCUT2D eigenvalue weighted by atomic mass is 127. The molecule has 0 saturated heterocycles. The maximum Gasteiger partial charge on any atom is 0.191 e. The minimum Gasteiger partial charge on any atom is -0.493 e. The van der Waals surface area contributed by atoms with Gasteiger partial charge >= 0.3 is 0 Å². The summed E-state index contributed by atoms with van der Waals surface area (Å²) in [6, 6.07) is 6.54. The molecule has 1 aromatic rings. The van der Waals surface area contributed by atoms with E-state index >= 15 is 0 Å². The van der Waals surface area contributed by atoms with E-state index in [0.717, 1.165) is 70.4 Å². The number of nitrogens with zero attached hydrogens (tertiary/aromatic N) is 2. The maximum absolute atomic E-state index is 5.57. The standard InChI is InChI=1S/C20H34N4O.HI/c1-4-13-24(6-3)14-12-23-20(21-5-2)22-11-9-17-7-8-19-18(16-17)10-15-25-19;/h7-8,16H,4-6,9-15H2,1-3H3,(H2,21,22,23);1H. The van der Waals surface area contributed by atoms with Crippen LogP contribution in [0.5, 0.6) is 5.75 Å². The summed E-state index contributed by atoms with van der Waals surface area (Å²) < 4.78 is 5.57. The first-order chi connectivity index (χ1) is 12.3. The summed E-state index contributed by atoms with van der Waals surface area (Å²) in [6.45, 7) is 13.2. The van der Waals surface area contributed by atoms with Crippen molar-refractivity contribution in [1.29, 1.82) is 0 Å². The molecule has 0 unspecified atom stereocenters. The zero-order valence-corrected chi connectivity index (χ0v) is 18.8. The Bertz CT molecular complexity index is 551.